The quantitative estimate of drug-likeness (QED) is 0.459. The van der Waals surface area contributed by atoms with E-state index in [0.29, 0.717) is 6.07 Å². The smallest absolute Gasteiger partial charge is 0.309 e. The van der Waals surface area contributed by atoms with Gasteiger partial charge in [-0.25, -0.2) is 4.39 Å². The molecule has 0 aliphatic rings. The topological polar surface area (TPSA) is 35.5 Å². The Hall–Kier alpha value is -0.430. The first kappa shape index (κ1) is 18.6. The van der Waals surface area contributed by atoms with Gasteiger partial charge < -0.3 is 4.52 Å². The van der Waals surface area contributed by atoms with E-state index in [2.05, 4.69) is 15.9 Å². The van der Waals surface area contributed by atoms with Gasteiger partial charge in [-0.05, 0) is 19.1 Å². The summed E-state index contributed by atoms with van der Waals surface area (Å²) >= 11 is 2.75. The summed E-state index contributed by atoms with van der Waals surface area (Å²) in [5.74, 6) is 0. The highest BCUT2D eigenvalue weighted by molar-refractivity contribution is 9.10. The second-order valence-electron chi connectivity index (χ2n) is 4.00. The monoisotopic (exact) mass is 392 g/mol. The molecule has 1 rings (SSSR count). The van der Waals surface area contributed by atoms with Gasteiger partial charge in [0.1, 0.15) is 0 Å². The summed E-state index contributed by atoms with van der Waals surface area (Å²) in [5.41, 5.74) is -1.41. The van der Waals surface area contributed by atoms with Crippen molar-refractivity contribution in [3.05, 3.63) is 33.8 Å². The molecular formula is C12H14BrF4O3P. The van der Waals surface area contributed by atoms with Crippen LogP contribution in [0.3, 0.4) is 0 Å². The van der Waals surface area contributed by atoms with Gasteiger partial charge in [-0.15, -0.1) is 0 Å². The molecule has 0 spiro atoms. The molecule has 0 aliphatic carbocycles. The summed E-state index contributed by atoms with van der Waals surface area (Å²) < 4.78 is 73.6. The minimum atomic E-state index is -4.64. The maximum absolute atomic E-state index is 14.0. The molecule has 2 atom stereocenters. The SMILES string of the molecule is CCOP(=O)(CC)OC(F)c1ccc(Br)c(C(F)(F)F)c1. The van der Waals surface area contributed by atoms with Crippen molar-refractivity contribution in [2.45, 2.75) is 26.4 Å². The Bertz CT molecular complexity index is 536. The van der Waals surface area contributed by atoms with Crippen molar-refractivity contribution in [3.8, 4) is 0 Å². The van der Waals surface area contributed by atoms with Gasteiger partial charge in [-0.1, -0.05) is 28.9 Å². The van der Waals surface area contributed by atoms with Crippen LogP contribution in [0.1, 0.15) is 31.3 Å². The summed E-state index contributed by atoms with van der Waals surface area (Å²) in [6.07, 6.45) is -6.98. The Labute approximate surface area is 128 Å². The Morgan fingerprint density at radius 1 is 1.33 bits per heavy atom. The molecule has 0 bridgehead atoms. The molecule has 1 aromatic rings. The first-order chi connectivity index (χ1) is 9.63. The summed E-state index contributed by atoms with van der Waals surface area (Å²) in [6.45, 7) is 3.08. The van der Waals surface area contributed by atoms with E-state index >= 15 is 0 Å². The Kier molecular flexibility index (Phi) is 6.40. The van der Waals surface area contributed by atoms with Crippen LogP contribution in [0.15, 0.2) is 22.7 Å². The molecule has 0 aromatic heterocycles. The number of rotatable bonds is 6. The number of alkyl halides is 4. The zero-order valence-corrected chi connectivity index (χ0v) is 13.8. The van der Waals surface area contributed by atoms with Crippen LogP contribution in [0, 0.1) is 0 Å². The van der Waals surface area contributed by atoms with E-state index in [1.807, 2.05) is 0 Å². The molecule has 3 nitrogen and oxygen atoms in total. The van der Waals surface area contributed by atoms with E-state index in [-0.39, 0.29) is 22.8 Å². The van der Waals surface area contributed by atoms with Crippen molar-refractivity contribution < 1.29 is 31.2 Å². The molecule has 0 fully saturated rings. The van der Waals surface area contributed by atoms with Gasteiger partial charge >= 0.3 is 13.8 Å². The van der Waals surface area contributed by atoms with Crippen molar-refractivity contribution in [1.29, 1.82) is 0 Å². The zero-order valence-electron chi connectivity index (χ0n) is 11.3. The maximum atomic E-state index is 14.0. The van der Waals surface area contributed by atoms with E-state index in [0.717, 1.165) is 12.1 Å². The van der Waals surface area contributed by atoms with Crippen molar-refractivity contribution in [3.63, 3.8) is 0 Å². The highest BCUT2D eigenvalue weighted by Gasteiger charge is 2.35. The lowest BCUT2D eigenvalue weighted by molar-refractivity contribution is -0.138. The molecule has 0 amide bonds. The number of benzene rings is 1. The highest BCUT2D eigenvalue weighted by Crippen LogP contribution is 2.52. The van der Waals surface area contributed by atoms with Crippen LogP contribution in [0.2, 0.25) is 0 Å². The van der Waals surface area contributed by atoms with E-state index in [9.17, 15) is 22.1 Å². The van der Waals surface area contributed by atoms with E-state index in [1.54, 1.807) is 6.92 Å². The molecule has 0 saturated heterocycles. The molecule has 21 heavy (non-hydrogen) atoms. The van der Waals surface area contributed by atoms with Gasteiger partial charge in [0.25, 0.3) is 0 Å². The van der Waals surface area contributed by atoms with Crippen LogP contribution in [-0.4, -0.2) is 12.8 Å². The van der Waals surface area contributed by atoms with E-state index in [4.69, 9.17) is 9.05 Å². The minimum absolute atomic E-state index is 0.0476. The summed E-state index contributed by atoms with van der Waals surface area (Å²) in [5, 5.41) is 0. The zero-order chi connectivity index (χ0) is 16.3. The van der Waals surface area contributed by atoms with Crippen LogP contribution in [-0.2, 0) is 19.8 Å². The van der Waals surface area contributed by atoms with Crippen LogP contribution < -0.4 is 0 Å². The van der Waals surface area contributed by atoms with Gasteiger partial charge in [-0.2, -0.15) is 13.2 Å². The van der Waals surface area contributed by atoms with Crippen LogP contribution >= 0.6 is 23.5 Å². The van der Waals surface area contributed by atoms with Crippen molar-refractivity contribution in [2.75, 3.05) is 12.8 Å². The fraction of sp³-hybridized carbons (Fsp3) is 0.500. The molecule has 0 radical (unpaired) electrons. The van der Waals surface area contributed by atoms with Crippen molar-refractivity contribution in [1.82, 2.24) is 0 Å². The second kappa shape index (κ2) is 7.22. The lowest BCUT2D eigenvalue weighted by Gasteiger charge is -2.19. The average Bonchev–Trinajstić information content (AvgIpc) is 2.38. The molecule has 1 aromatic carbocycles. The molecule has 0 aliphatic heterocycles. The largest absolute Gasteiger partial charge is 0.417 e. The lowest BCUT2D eigenvalue weighted by Crippen LogP contribution is -2.08. The van der Waals surface area contributed by atoms with Gasteiger partial charge in [0.2, 0.25) is 6.36 Å². The van der Waals surface area contributed by atoms with Crippen LogP contribution in [0.4, 0.5) is 17.6 Å². The third kappa shape index (κ3) is 5.06. The normalized spacial score (nSPS) is 16.5. The summed E-state index contributed by atoms with van der Waals surface area (Å²) in [7, 11) is -3.66. The first-order valence-corrected chi connectivity index (χ1v) is 8.57. The van der Waals surface area contributed by atoms with E-state index < -0.39 is 25.7 Å². The maximum Gasteiger partial charge on any atom is 0.417 e. The molecule has 0 saturated carbocycles. The number of hydrogen-bond donors (Lipinski definition) is 0. The third-order valence-corrected chi connectivity index (χ3v) is 5.15. The molecule has 0 N–H and O–H groups in total. The van der Waals surface area contributed by atoms with Crippen molar-refractivity contribution >= 4 is 23.5 Å². The van der Waals surface area contributed by atoms with Gasteiger partial charge in [-0.3, -0.25) is 9.09 Å². The van der Waals surface area contributed by atoms with Gasteiger partial charge in [0, 0.05) is 16.2 Å². The Morgan fingerprint density at radius 3 is 2.43 bits per heavy atom. The standard InChI is InChI=1S/C12H14BrF4O3P/c1-3-19-21(18,4-2)20-11(14)8-5-6-10(13)9(7-8)12(15,16)17/h5-7,11H,3-4H2,1-2H3. The molecule has 9 heteroatoms. The lowest BCUT2D eigenvalue weighted by atomic mass is 10.1. The first-order valence-electron chi connectivity index (χ1n) is 6.05. The Morgan fingerprint density at radius 2 is 1.95 bits per heavy atom. The second-order valence-corrected chi connectivity index (χ2v) is 7.18. The molecule has 2 unspecified atom stereocenters. The molecular weight excluding hydrogens is 379 g/mol. The van der Waals surface area contributed by atoms with Crippen LogP contribution in [0.5, 0.6) is 0 Å². The summed E-state index contributed by atoms with van der Waals surface area (Å²) in [6, 6.07) is 2.79. The van der Waals surface area contributed by atoms with Crippen molar-refractivity contribution in [2.24, 2.45) is 0 Å². The van der Waals surface area contributed by atoms with Gasteiger partial charge in [0.15, 0.2) is 0 Å². The van der Waals surface area contributed by atoms with Crippen LogP contribution in [0.25, 0.3) is 0 Å². The molecule has 0 heterocycles. The fourth-order valence-electron chi connectivity index (χ4n) is 1.50. The van der Waals surface area contributed by atoms with E-state index in [1.165, 1.54) is 6.92 Å². The highest BCUT2D eigenvalue weighted by atomic mass is 79.9. The summed E-state index contributed by atoms with van der Waals surface area (Å²) in [4.78, 5) is 0. The third-order valence-electron chi connectivity index (χ3n) is 2.52. The minimum Gasteiger partial charge on any atom is -0.309 e. The predicted octanol–water partition coefficient (Wildman–Crippen LogP) is 5.70. The Balaban J connectivity index is 3.03. The molecule has 120 valence electrons. The average molecular weight is 393 g/mol. The van der Waals surface area contributed by atoms with Gasteiger partial charge in [0.05, 0.1) is 12.2 Å². The predicted molar refractivity (Wildman–Crippen MR) is 73.9 cm³/mol. The fourth-order valence-corrected chi connectivity index (χ4v) is 3.16. The number of hydrogen-bond acceptors (Lipinski definition) is 3. The number of halogens is 5.